The van der Waals surface area contributed by atoms with Gasteiger partial charge < -0.3 is 4.57 Å². The van der Waals surface area contributed by atoms with Crippen LogP contribution in [0, 0.1) is 13.8 Å². The number of rotatable bonds is 0. The van der Waals surface area contributed by atoms with Gasteiger partial charge in [0.1, 0.15) is 10.5 Å². The van der Waals surface area contributed by atoms with Gasteiger partial charge in [0.2, 0.25) is 0 Å². The molecule has 0 saturated heterocycles. The predicted octanol–water partition coefficient (Wildman–Crippen LogP) is 2.63. The standard InChI is InChI=1S/C10H9F3N2OS/c1-4-7(16)6-5(2)14-17-9(6)15(3)8(4)10(11,12)13/h1-3H3. The molecule has 17 heavy (non-hydrogen) atoms. The Kier molecular flexibility index (Phi) is 2.53. The maximum Gasteiger partial charge on any atom is 0.431 e. The topological polar surface area (TPSA) is 34.9 Å². The van der Waals surface area contributed by atoms with E-state index in [2.05, 4.69) is 4.37 Å². The molecule has 0 amide bonds. The van der Waals surface area contributed by atoms with Crippen LogP contribution in [-0.2, 0) is 13.2 Å². The fourth-order valence-corrected chi connectivity index (χ4v) is 2.76. The third-order valence-corrected chi connectivity index (χ3v) is 3.69. The van der Waals surface area contributed by atoms with E-state index in [0.29, 0.717) is 5.69 Å². The van der Waals surface area contributed by atoms with Gasteiger partial charge in [-0.25, -0.2) is 0 Å². The highest BCUT2D eigenvalue weighted by Crippen LogP contribution is 2.33. The summed E-state index contributed by atoms with van der Waals surface area (Å²) in [5.74, 6) is 0. The molecule has 0 aliphatic rings. The number of halogens is 3. The van der Waals surface area contributed by atoms with Crippen molar-refractivity contribution in [1.29, 1.82) is 0 Å². The van der Waals surface area contributed by atoms with Gasteiger partial charge >= 0.3 is 6.18 Å². The van der Waals surface area contributed by atoms with Crippen LogP contribution in [-0.4, -0.2) is 8.94 Å². The second-order valence-electron chi connectivity index (χ2n) is 3.81. The minimum absolute atomic E-state index is 0.255. The van der Waals surface area contributed by atoms with E-state index in [0.717, 1.165) is 16.1 Å². The second-order valence-corrected chi connectivity index (χ2v) is 4.56. The van der Waals surface area contributed by atoms with Crippen molar-refractivity contribution >= 4 is 21.7 Å². The summed E-state index contributed by atoms with van der Waals surface area (Å²) >= 11 is 0.907. The molecule has 7 heteroatoms. The van der Waals surface area contributed by atoms with Crippen LogP contribution in [0.15, 0.2) is 4.79 Å². The number of aromatic nitrogens is 2. The highest BCUT2D eigenvalue weighted by atomic mass is 32.1. The molecule has 2 rings (SSSR count). The minimum atomic E-state index is -4.54. The molecule has 0 unspecified atom stereocenters. The summed E-state index contributed by atoms with van der Waals surface area (Å²) in [6, 6.07) is 0. The number of fused-ring (bicyclic) bond motifs is 1. The predicted molar refractivity (Wildman–Crippen MR) is 59.3 cm³/mol. The van der Waals surface area contributed by atoms with Gasteiger partial charge in [0, 0.05) is 12.6 Å². The van der Waals surface area contributed by atoms with E-state index in [1.165, 1.54) is 14.0 Å². The third-order valence-electron chi connectivity index (χ3n) is 2.68. The van der Waals surface area contributed by atoms with Crippen LogP contribution in [0.2, 0.25) is 0 Å². The first kappa shape index (κ1) is 12.1. The lowest BCUT2D eigenvalue weighted by atomic mass is 10.1. The Labute approximate surface area is 98.7 Å². The van der Waals surface area contributed by atoms with Gasteiger partial charge in [0.15, 0.2) is 5.43 Å². The van der Waals surface area contributed by atoms with Crippen LogP contribution < -0.4 is 5.43 Å². The van der Waals surface area contributed by atoms with E-state index in [9.17, 15) is 18.0 Å². The average Bonchev–Trinajstić information content (AvgIpc) is 2.55. The number of alkyl halides is 3. The Hall–Kier alpha value is -1.37. The van der Waals surface area contributed by atoms with Crippen molar-refractivity contribution < 1.29 is 13.2 Å². The van der Waals surface area contributed by atoms with Crippen molar-refractivity contribution in [3.63, 3.8) is 0 Å². The van der Waals surface area contributed by atoms with Gasteiger partial charge in [-0.2, -0.15) is 17.5 Å². The first-order valence-corrected chi connectivity index (χ1v) is 5.55. The van der Waals surface area contributed by atoms with Crippen molar-refractivity contribution in [2.75, 3.05) is 0 Å². The molecule has 0 atom stereocenters. The van der Waals surface area contributed by atoms with E-state index < -0.39 is 17.3 Å². The zero-order valence-electron chi connectivity index (χ0n) is 9.34. The van der Waals surface area contributed by atoms with Gasteiger partial charge in [-0.05, 0) is 25.4 Å². The van der Waals surface area contributed by atoms with Crippen molar-refractivity contribution in [3.05, 3.63) is 27.2 Å². The van der Waals surface area contributed by atoms with Crippen LogP contribution in [0.1, 0.15) is 17.0 Å². The Bertz CT molecular complexity index is 654. The first-order chi connectivity index (χ1) is 7.75. The summed E-state index contributed by atoms with van der Waals surface area (Å²) in [4.78, 5) is 12.1. The van der Waals surface area contributed by atoms with Gasteiger partial charge in [-0.1, -0.05) is 0 Å². The smallest absolute Gasteiger partial charge is 0.330 e. The van der Waals surface area contributed by atoms with Crippen LogP contribution in [0.25, 0.3) is 10.2 Å². The average molecular weight is 262 g/mol. The monoisotopic (exact) mass is 262 g/mol. The number of nitrogens with zero attached hydrogens (tertiary/aromatic N) is 2. The molecule has 0 aliphatic carbocycles. The molecular weight excluding hydrogens is 253 g/mol. The van der Waals surface area contributed by atoms with Crippen LogP contribution in [0.3, 0.4) is 0 Å². The Morgan fingerprint density at radius 2 is 1.88 bits per heavy atom. The molecule has 3 nitrogen and oxygen atoms in total. The molecule has 0 fully saturated rings. The van der Waals surface area contributed by atoms with Gasteiger partial charge in [0.25, 0.3) is 0 Å². The summed E-state index contributed by atoms with van der Waals surface area (Å²) in [7, 11) is 1.30. The molecule has 2 heterocycles. The molecule has 2 aromatic rings. The van der Waals surface area contributed by atoms with E-state index >= 15 is 0 Å². The Morgan fingerprint density at radius 3 is 2.41 bits per heavy atom. The second kappa shape index (κ2) is 3.56. The van der Waals surface area contributed by atoms with E-state index in [4.69, 9.17) is 0 Å². The number of pyridine rings is 1. The Balaban J connectivity index is 3.04. The third kappa shape index (κ3) is 1.65. The van der Waals surface area contributed by atoms with Crippen molar-refractivity contribution in [1.82, 2.24) is 8.94 Å². The number of aryl methyl sites for hydroxylation is 2. The highest BCUT2D eigenvalue weighted by Gasteiger charge is 2.37. The van der Waals surface area contributed by atoms with Crippen LogP contribution in [0.5, 0.6) is 0 Å². The quantitative estimate of drug-likeness (QED) is 0.731. The highest BCUT2D eigenvalue weighted by molar-refractivity contribution is 7.13. The molecule has 0 spiro atoms. The molecule has 92 valence electrons. The van der Waals surface area contributed by atoms with Gasteiger partial charge in [-0.15, -0.1) is 0 Å². The largest absolute Gasteiger partial charge is 0.431 e. The van der Waals surface area contributed by atoms with Crippen molar-refractivity contribution in [2.24, 2.45) is 7.05 Å². The lowest BCUT2D eigenvalue weighted by Crippen LogP contribution is -2.23. The van der Waals surface area contributed by atoms with E-state index in [1.807, 2.05) is 0 Å². The summed E-state index contributed by atoms with van der Waals surface area (Å²) in [5, 5.41) is 0.281. The van der Waals surface area contributed by atoms with Gasteiger partial charge in [0.05, 0.1) is 11.1 Å². The SMILES string of the molecule is Cc1c(C(F)(F)F)n(C)c2snc(C)c2c1=O. The molecular formula is C10H9F3N2OS. The van der Waals surface area contributed by atoms with Crippen LogP contribution >= 0.6 is 11.5 Å². The fraction of sp³-hybridized carbons (Fsp3) is 0.400. The molecule has 0 N–H and O–H groups in total. The summed E-state index contributed by atoms with van der Waals surface area (Å²) in [6.45, 7) is 2.81. The summed E-state index contributed by atoms with van der Waals surface area (Å²) in [6.07, 6.45) is -4.54. The number of hydrogen-bond acceptors (Lipinski definition) is 3. The first-order valence-electron chi connectivity index (χ1n) is 4.78. The molecule has 0 radical (unpaired) electrons. The molecule has 0 aromatic carbocycles. The molecule has 0 aliphatic heterocycles. The molecule has 2 aromatic heterocycles. The molecule has 0 saturated carbocycles. The van der Waals surface area contributed by atoms with Gasteiger partial charge in [-0.3, -0.25) is 4.79 Å². The van der Waals surface area contributed by atoms with Crippen molar-refractivity contribution in [3.8, 4) is 0 Å². The normalized spacial score (nSPS) is 12.4. The maximum absolute atomic E-state index is 12.8. The maximum atomic E-state index is 12.8. The lowest BCUT2D eigenvalue weighted by Gasteiger charge is -2.15. The zero-order valence-corrected chi connectivity index (χ0v) is 10.2. The fourth-order valence-electron chi connectivity index (χ4n) is 1.90. The zero-order chi connectivity index (χ0) is 13.0. The number of hydrogen-bond donors (Lipinski definition) is 0. The van der Waals surface area contributed by atoms with E-state index in [1.54, 1.807) is 6.92 Å². The Morgan fingerprint density at radius 1 is 1.29 bits per heavy atom. The lowest BCUT2D eigenvalue weighted by molar-refractivity contribution is -0.143. The minimum Gasteiger partial charge on any atom is -0.330 e. The summed E-state index contributed by atoms with van der Waals surface area (Å²) in [5.41, 5.74) is -1.30. The molecule has 0 bridgehead atoms. The van der Waals surface area contributed by atoms with E-state index in [-0.39, 0.29) is 15.8 Å². The summed E-state index contributed by atoms with van der Waals surface area (Å²) < 4.78 is 43.5. The van der Waals surface area contributed by atoms with Crippen LogP contribution in [0.4, 0.5) is 13.2 Å². The van der Waals surface area contributed by atoms with Crippen molar-refractivity contribution in [2.45, 2.75) is 20.0 Å².